The van der Waals surface area contributed by atoms with Crippen LogP contribution in [0.1, 0.15) is 67.9 Å². The number of aliphatic hydroxyl groups is 1. The maximum atomic E-state index is 12.9. The van der Waals surface area contributed by atoms with Crippen LogP contribution in [0.25, 0.3) is 5.76 Å². The summed E-state index contributed by atoms with van der Waals surface area (Å²) >= 11 is 10.9. The fourth-order valence-corrected chi connectivity index (χ4v) is 6.01. The molecule has 1 aromatic carbocycles. The Morgan fingerprint density at radius 3 is 2.22 bits per heavy atom. The number of ether oxygens (including phenoxy) is 2. The second kappa shape index (κ2) is 13.8. The molecule has 0 spiro atoms. The summed E-state index contributed by atoms with van der Waals surface area (Å²) in [5.74, 6) is -0.331. The van der Waals surface area contributed by atoms with E-state index in [-0.39, 0.29) is 45.6 Å². The van der Waals surface area contributed by atoms with Crippen LogP contribution in [0.15, 0.2) is 16.6 Å². The fraction of sp³-hybridized carbons (Fsp3) is 0.630. The summed E-state index contributed by atoms with van der Waals surface area (Å²) in [5, 5.41) is 11.6. The summed E-state index contributed by atoms with van der Waals surface area (Å²) in [7, 11) is -2.01. The summed E-state index contributed by atoms with van der Waals surface area (Å²) in [5.41, 5.74) is 0.00677. The van der Waals surface area contributed by atoms with Crippen molar-refractivity contribution in [1.82, 2.24) is 0 Å². The first-order chi connectivity index (χ1) is 16.7. The number of hydrogen-bond donors (Lipinski definition) is 1. The van der Waals surface area contributed by atoms with Crippen molar-refractivity contribution in [2.45, 2.75) is 92.6 Å². The zero-order valence-electron chi connectivity index (χ0n) is 23.9. The molecule has 0 aliphatic carbocycles. The molecule has 37 heavy (non-hydrogen) atoms. The van der Waals surface area contributed by atoms with Crippen LogP contribution in [0, 0.1) is 12.6 Å². The van der Waals surface area contributed by atoms with Gasteiger partial charge >= 0.3 is 5.97 Å². The van der Waals surface area contributed by atoms with Crippen LogP contribution >= 0.6 is 56.8 Å². The molecule has 1 N–H and O–H groups in total. The first kappa shape index (κ1) is 34.7. The molecule has 1 unspecified atom stereocenters. The van der Waals surface area contributed by atoms with E-state index in [1.807, 2.05) is 13.8 Å². The molecular weight excluding hydrogens is 736 g/mol. The first-order valence-electron chi connectivity index (χ1n) is 12.4. The van der Waals surface area contributed by atoms with E-state index in [9.17, 15) is 9.90 Å². The molecule has 1 rings (SSSR count). The Bertz CT molecular complexity index is 1030. The maximum Gasteiger partial charge on any atom is 0.343 e. The van der Waals surface area contributed by atoms with E-state index >= 15 is 0 Å². The predicted molar refractivity (Wildman–Crippen MR) is 174 cm³/mol. The predicted octanol–water partition coefficient (Wildman–Crippen LogP) is 8.68. The minimum absolute atomic E-state index is 0.0433. The van der Waals surface area contributed by atoms with Gasteiger partial charge in [0, 0.05) is 11.8 Å². The average Bonchev–Trinajstić information content (AvgIpc) is 2.74. The molecule has 0 aliphatic heterocycles. The van der Waals surface area contributed by atoms with Gasteiger partial charge in [-0.05, 0) is 95.6 Å². The molecule has 0 radical (unpaired) electrons. The monoisotopic (exact) mass is 777 g/mol. The van der Waals surface area contributed by atoms with Gasteiger partial charge in [-0.15, -0.1) is 0 Å². The van der Waals surface area contributed by atoms with Gasteiger partial charge in [-0.3, -0.25) is 4.99 Å². The van der Waals surface area contributed by atoms with Gasteiger partial charge in [0.05, 0.1) is 37.5 Å². The standard InChI is InChI=1S/C27H42ClI2NO5Si/c1-12-34-25(33)18(14-31-20(26(4,5)6)15-35-37(10,11)27(7,8)9)23(32)17-13-19(29)24(36-16(2)3)22(30)21(17)28/h13-14,16,20,32H,12,15H2,1-11H3. The third kappa shape index (κ3) is 9.65. The fourth-order valence-electron chi connectivity index (χ4n) is 2.84. The smallest absolute Gasteiger partial charge is 0.343 e. The number of halogens is 3. The van der Waals surface area contributed by atoms with Crippen molar-refractivity contribution in [2.24, 2.45) is 10.4 Å². The van der Waals surface area contributed by atoms with Crippen LogP contribution in [-0.4, -0.2) is 51.0 Å². The number of nitrogens with zero attached hydrogens (tertiary/aromatic N) is 1. The zero-order chi connectivity index (χ0) is 28.9. The Morgan fingerprint density at radius 2 is 1.76 bits per heavy atom. The van der Waals surface area contributed by atoms with E-state index < -0.39 is 14.3 Å². The third-order valence-corrected chi connectivity index (χ3v) is 13.3. The number of aliphatic hydroxyl groups excluding tert-OH is 1. The quantitative estimate of drug-likeness (QED) is 0.0490. The molecule has 0 aromatic heterocycles. The van der Waals surface area contributed by atoms with Crippen LogP contribution in [0.5, 0.6) is 5.75 Å². The Morgan fingerprint density at radius 1 is 1.19 bits per heavy atom. The van der Waals surface area contributed by atoms with E-state index in [1.165, 1.54) is 6.21 Å². The average molecular weight is 778 g/mol. The number of carbonyl (C=O) groups is 1. The number of aliphatic imine (C=N–C) groups is 1. The SMILES string of the molecule is CCOC(=O)C(C=NC(CO[Si](C)(C)C(C)(C)C)C(C)(C)C)=C(O)c1cc(I)c(OC(C)C)c(I)c1Cl. The minimum atomic E-state index is -2.01. The van der Waals surface area contributed by atoms with Gasteiger partial charge in [-0.25, -0.2) is 4.79 Å². The van der Waals surface area contributed by atoms with Crippen molar-refractivity contribution in [2.75, 3.05) is 13.2 Å². The van der Waals surface area contributed by atoms with Crippen molar-refractivity contribution >= 4 is 83.0 Å². The second-order valence-electron chi connectivity index (χ2n) is 11.7. The highest BCUT2D eigenvalue weighted by Crippen LogP contribution is 2.40. The van der Waals surface area contributed by atoms with Crippen LogP contribution in [0.3, 0.4) is 0 Å². The lowest BCUT2D eigenvalue weighted by Gasteiger charge is -2.38. The second-order valence-corrected chi connectivity index (χ2v) is 19.2. The van der Waals surface area contributed by atoms with Crippen molar-refractivity contribution in [3.63, 3.8) is 0 Å². The summed E-state index contributed by atoms with van der Waals surface area (Å²) in [6, 6.07) is 1.45. The lowest BCUT2D eigenvalue weighted by atomic mass is 9.88. The molecule has 0 aliphatic rings. The Kier molecular flexibility index (Phi) is 12.9. The molecule has 10 heteroatoms. The van der Waals surface area contributed by atoms with Crippen molar-refractivity contribution in [1.29, 1.82) is 0 Å². The van der Waals surface area contributed by atoms with Gasteiger partial charge < -0.3 is 19.0 Å². The van der Waals surface area contributed by atoms with Gasteiger partial charge in [-0.2, -0.15) is 0 Å². The highest BCUT2D eigenvalue weighted by Gasteiger charge is 2.38. The summed E-state index contributed by atoms with van der Waals surface area (Å²) < 4.78 is 19.0. The van der Waals surface area contributed by atoms with E-state index in [4.69, 9.17) is 30.5 Å². The highest BCUT2D eigenvalue weighted by atomic mass is 127. The van der Waals surface area contributed by atoms with Crippen molar-refractivity contribution in [3.8, 4) is 5.75 Å². The van der Waals surface area contributed by atoms with Crippen LogP contribution in [0.4, 0.5) is 0 Å². The van der Waals surface area contributed by atoms with E-state index in [2.05, 4.69) is 99.8 Å². The number of carbonyl (C=O) groups excluding carboxylic acids is 1. The maximum absolute atomic E-state index is 12.9. The number of benzene rings is 1. The summed E-state index contributed by atoms with van der Waals surface area (Å²) in [4.78, 5) is 17.7. The number of esters is 1. The summed E-state index contributed by atoms with van der Waals surface area (Å²) in [6.07, 6.45) is 1.35. The zero-order valence-corrected chi connectivity index (χ0v) is 30.0. The molecular formula is C27H42ClI2NO5Si. The molecule has 0 amide bonds. The molecule has 0 saturated heterocycles. The molecule has 0 bridgehead atoms. The van der Waals surface area contributed by atoms with Crippen LogP contribution in [0.2, 0.25) is 23.2 Å². The molecule has 0 saturated carbocycles. The molecule has 210 valence electrons. The Labute approximate surface area is 256 Å². The lowest BCUT2D eigenvalue weighted by Crippen LogP contribution is -2.44. The Hall–Kier alpha value is -0.373. The van der Waals surface area contributed by atoms with Gasteiger partial charge in [0.1, 0.15) is 17.1 Å². The van der Waals surface area contributed by atoms with Gasteiger partial charge in [0.2, 0.25) is 0 Å². The molecule has 6 nitrogen and oxygen atoms in total. The first-order valence-corrected chi connectivity index (χ1v) is 17.8. The normalized spacial score (nSPS) is 14.7. The number of rotatable bonds is 10. The van der Waals surface area contributed by atoms with Gasteiger partial charge in [0.25, 0.3) is 0 Å². The van der Waals surface area contributed by atoms with E-state index in [0.29, 0.717) is 21.5 Å². The third-order valence-electron chi connectivity index (χ3n) is 6.27. The van der Waals surface area contributed by atoms with Gasteiger partial charge in [0.15, 0.2) is 8.32 Å². The molecule has 0 fully saturated rings. The minimum Gasteiger partial charge on any atom is -0.506 e. The van der Waals surface area contributed by atoms with Crippen molar-refractivity contribution < 1.29 is 23.8 Å². The van der Waals surface area contributed by atoms with Gasteiger partial charge in [-0.1, -0.05) is 53.1 Å². The lowest BCUT2D eigenvalue weighted by molar-refractivity contribution is -0.137. The molecule has 1 atom stereocenters. The Balaban J connectivity index is 3.59. The van der Waals surface area contributed by atoms with Crippen LogP contribution in [-0.2, 0) is 14.0 Å². The summed E-state index contributed by atoms with van der Waals surface area (Å²) in [6.45, 7) is 23.3. The largest absolute Gasteiger partial charge is 0.506 e. The number of hydrogen-bond acceptors (Lipinski definition) is 6. The van der Waals surface area contributed by atoms with Crippen molar-refractivity contribution in [3.05, 3.63) is 29.4 Å². The van der Waals surface area contributed by atoms with E-state index in [1.54, 1.807) is 13.0 Å². The highest BCUT2D eigenvalue weighted by molar-refractivity contribution is 14.1. The molecule has 1 aromatic rings. The van der Waals surface area contributed by atoms with E-state index in [0.717, 1.165) is 3.57 Å². The molecule has 0 heterocycles. The van der Waals surface area contributed by atoms with Crippen LogP contribution < -0.4 is 4.74 Å². The topological polar surface area (TPSA) is 77.4 Å².